The van der Waals surface area contributed by atoms with E-state index in [1.165, 1.54) is 0 Å². The maximum absolute atomic E-state index is 10.4. The highest BCUT2D eigenvalue weighted by atomic mass is 16.1. The Kier molecular flexibility index (Phi) is 4.35. The predicted octanol–water partition coefficient (Wildman–Crippen LogP) is 3.32. The highest BCUT2D eigenvalue weighted by Gasteiger charge is 1.93. The molecule has 0 saturated heterocycles. The van der Waals surface area contributed by atoms with Crippen LogP contribution in [0, 0.1) is 0 Å². The van der Waals surface area contributed by atoms with Crippen LogP contribution in [0.15, 0.2) is 48.8 Å². The maximum Gasteiger partial charge on any atom is 0.150 e. The number of aromatic nitrogens is 1. The van der Waals surface area contributed by atoms with E-state index < -0.39 is 0 Å². The van der Waals surface area contributed by atoms with Crippen LogP contribution in [-0.4, -0.2) is 10.9 Å². The van der Waals surface area contributed by atoms with Crippen molar-refractivity contribution in [1.29, 1.82) is 0 Å². The van der Waals surface area contributed by atoms with Crippen LogP contribution in [0.3, 0.4) is 0 Å². The Labute approximate surface area is 90.2 Å². The van der Waals surface area contributed by atoms with Crippen LogP contribution in [0.25, 0.3) is 5.69 Å². The Bertz CT molecular complexity index is 387. The number of carbonyl (C=O) groups is 1. The number of benzene rings is 1. The molecular weight excluding hydrogens is 186 g/mol. The van der Waals surface area contributed by atoms with Crippen molar-refractivity contribution in [3.05, 3.63) is 54.4 Å². The molecule has 15 heavy (non-hydrogen) atoms. The lowest BCUT2D eigenvalue weighted by molar-refractivity contribution is 0.112. The van der Waals surface area contributed by atoms with Crippen molar-refractivity contribution in [2.45, 2.75) is 13.8 Å². The van der Waals surface area contributed by atoms with Crippen LogP contribution in [0.4, 0.5) is 0 Å². The summed E-state index contributed by atoms with van der Waals surface area (Å²) in [7, 11) is 0. The fraction of sp³-hybridized carbons (Fsp3) is 0.154. The minimum atomic E-state index is 0.705. The van der Waals surface area contributed by atoms with Crippen molar-refractivity contribution in [3.63, 3.8) is 0 Å². The van der Waals surface area contributed by atoms with E-state index in [2.05, 4.69) is 0 Å². The Balaban J connectivity index is 0.000000531. The second kappa shape index (κ2) is 5.81. The molecule has 1 heterocycles. The molecule has 0 N–H and O–H groups in total. The molecule has 0 amide bonds. The molecule has 2 nitrogen and oxygen atoms in total. The van der Waals surface area contributed by atoms with Gasteiger partial charge in [0.15, 0.2) is 0 Å². The lowest BCUT2D eigenvalue weighted by atomic mass is 10.2. The summed E-state index contributed by atoms with van der Waals surface area (Å²) in [5, 5.41) is 0. The average molecular weight is 201 g/mol. The molecule has 2 heteroatoms. The first-order valence-corrected chi connectivity index (χ1v) is 5.09. The Morgan fingerprint density at radius 1 is 1.00 bits per heavy atom. The summed E-state index contributed by atoms with van der Waals surface area (Å²) in [6.45, 7) is 4.00. The van der Waals surface area contributed by atoms with Crippen LogP contribution < -0.4 is 0 Å². The van der Waals surface area contributed by atoms with Crippen LogP contribution in [0.2, 0.25) is 0 Å². The second-order valence-corrected chi connectivity index (χ2v) is 2.80. The van der Waals surface area contributed by atoms with Crippen LogP contribution in [0.1, 0.15) is 24.2 Å². The summed E-state index contributed by atoms with van der Waals surface area (Å²) in [5.41, 5.74) is 1.77. The Hall–Kier alpha value is -1.83. The van der Waals surface area contributed by atoms with Crippen LogP contribution in [-0.2, 0) is 0 Å². The molecule has 0 saturated carbocycles. The monoisotopic (exact) mass is 201 g/mol. The topological polar surface area (TPSA) is 22.0 Å². The zero-order valence-electron chi connectivity index (χ0n) is 9.05. The molecule has 0 aliphatic carbocycles. The number of nitrogens with zero attached hydrogens (tertiary/aromatic N) is 1. The normalized spacial score (nSPS) is 8.93. The summed E-state index contributed by atoms with van der Waals surface area (Å²) in [6, 6.07) is 11.4. The van der Waals surface area contributed by atoms with Gasteiger partial charge in [0.05, 0.1) is 0 Å². The van der Waals surface area contributed by atoms with Gasteiger partial charge < -0.3 is 4.57 Å². The van der Waals surface area contributed by atoms with Crippen molar-refractivity contribution in [3.8, 4) is 5.69 Å². The largest absolute Gasteiger partial charge is 0.324 e. The highest BCUT2D eigenvalue weighted by molar-refractivity contribution is 5.75. The van der Waals surface area contributed by atoms with Crippen molar-refractivity contribution in [2.24, 2.45) is 0 Å². The van der Waals surface area contributed by atoms with E-state index in [1.54, 1.807) is 0 Å². The van der Waals surface area contributed by atoms with Gasteiger partial charge in [-0.1, -0.05) is 13.8 Å². The molecule has 0 fully saturated rings. The van der Waals surface area contributed by atoms with Gasteiger partial charge in [0, 0.05) is 23.6 Å². The van der Waals surface area contributed by atoms with Crippen molar-refractivity contribution >= 4 is 6.29 Å². The van der Waals surface area contributed by atoms with Gasteiger partial charge in [0.25, 0.3) is 0 Å². The van der Waals surface area contributed by atoms with E-state index in [9.17, 15) is 4.79 Å². The number of carbonyl (C=O) groups excluding carboxylic acids is 1. The van der Waals surface area contributed by atoms with E-state index in [-0.39, 0.29) is 0 Å². The summed E-state index contributed by atoms with van der Waals surface area (Å²) >= 11 is 0. The average Bonchev–Trinajstić information content (AvgIpc) is 2.85. The van der Waals surface area contributed by atoms with Gasteiger partial charge in [-0.25, -0.2) is 0 Å². The van der Waals surface area contributed by atoms with Crippen molar-refractivity contribution < 1.29 is 4.79 Å². The number of aldehydes is 1. The standard InChI is InChI=1S/C11H9NO.C2H6/c13-9-10-3-5-11(6-4-10)12-7-1-2-8-12;1-2/h1-9H;1-2H3. The second-order valence-electron chi connectivity index (χ2n) is 2.80. The summed E-state index contributed by atoms with van der Waals surface area (Å²) in [5.74, 6) is 0. The molecule has 2 aromatic rings. The van der Waals surface area contributed by atoms with Crippen molar-refractivity contribution in [1.82, 2.24) is 4.57 Å². The number of hydrogen-bond acceptors (Lipinski definition) is 1. The first-order chi connectivity index (χ1) is 7.40. The van der Waals surface area contributed by atoms with Gasteiger partial charge in [-0.2, -0.15) is 0 Å². The molecule has 0 aliphatic rings. The lowest BCUT2D eigenvalue weighted by Crippen LogP contribution is -1.89. The third kappa shape index (κ3) is 2.81. The van der Waals surface area contributed by atoms with Crippen LogP contribution >= 0.6 is 0 Å². The molecule has 1 aromatic carbocycles. The van der Waals surface area contributed by atoms with E-state index in [0.29, 0.717) is 5.56 Å². The SMILES string of the molecule is CC.O=Cc1ccc(-n2cccc2)cc1. The lowest BCUT2D eigenvalue weighted by Gasteiger charge is -2.01. The molecule has 2 rings (SSSR count). The molecule has 78 valence electrons. The van der Waals surface area contributed by atoms with Gasteiger partial charge in [-0.3, -0.25) is 4.79 Å². The van der Waals surface area contributed by atoms with E-state index in [0.717, 1.165) is 12.0 Å². The molecule has 0 aliphatic heterocycles. The quantitative estimate of drug-likeness (QED) is 0.683. The molecule has 0 bridgehead atoms. The minimum Gasteiger partial charge on any atom is -0.324 e. The van der Waals surface area contributed by atoms with Gasteiger partial charge in [-0.05, 0) is 36.4 Å². The predicted molar refractivity (Wildman–Crippen MR) is 62.5 cm³/mol. The molecule has 0 unspecified atom stereocenters. The number of hydrogen-bond donors (Lipinski definition) is 0. The fourth-order valence-electron chi connectivity index (χ4n) is 1.23. The van der Waals surface area contributed by atoms with Gasteiger partial charge in [0.2, 0.25) is 0 Å². The minimum absolute atomic E-state index is 0.705. The molecule has 1 aromatic heterocycles. The van der Waals surface area contributed by atoms with Crippen LogP contribution in [0.5, 0.6) is 0 Å². The molecular formula is C13H15NO. The Morgan fingerprint density at radius 2 is 1.53 bits per heavy atom. The first kappa shape index (κ1) is 11.2. The zero-order valence-corrected chi connectivity index (χ0v) is 9.05. The van der Waals surface area contributed by atoms with E-state index >= 15 is 0 Å². The Morgan fingerprint density at radius 3 is 2.00 bits per heavy atom. The zero-order chi connectivity index (χ0) is 11.1. The summed E-state index contributed by atoms with van der Waals surface area (Å²) in [4.78, 5) is 10.4. The maximum atomic E-state index is 10.4. The summed E-state index contributed by atoms with van der Waals surface area (Å²) in [6.07, 6.45) is 4.78. The smallest absolute Gasteiger partial charge is 0.150 e. The van der Waals surface area contributed by atoms with Gasteiger partial charge in [0.1, 0.15) is 6.29 Å². The molecule has 0 atom stereocenters. The highest BCUT2D eigenvalue weighted by Crippen LogP contribution is 2.08. The van der Waals surface area contributed by atoms with Crippen molar-refractivity contribution in [2.75, 3.05) is 0 Å². The van der Waals surface area contributed by atoms with E-state index in [1.807, 2.05) is 67.2 Å². The van der Waals surface area contributed by atoms with Gasteiger partial charge in [-0.15, -0.1) is 0 Å². The first-order valence-electron chi connectivity index (χ1n) is 5.09. The fourth-order valence-corrected chi connectivity index (χ4v) is 1.23. The third-order valence-electron chi connectivity index (χ3n) is 1.93. The molecule has 0 spiro atoms. The number of rotatable bonds is 2. The summed E-state index contributed by atoms with van der Waals surface area (Å²) < 4.78 is 1.99. The molecule has 0 radical (unpaired) electrons. The van der Waals surface area contributed by atoms with E-state index in [4.69, 9.17) is 0 Å². The third-order valence-corrected chi connectivity index (χ3v) is 1.93. The van der Waals surface area contributed by atoms with Gasteiger partial charge >= 0.3 is 0 Å².